The first-order chi connectivity index (χ1) is 9.11. The van der Waals surface area contributed by atoms with Gasteiger partial charge >= 0.3 is 0 Å². The van der Waals surface area contributed by atoms with Crippen molar-refractivity contribution in [2.75, 3.05) is 6.54 Å². The molecule has 0 aliphatic carbocycles. The molecule has 0 aliphatic heterocycles. The molecule has 0 spiro atoms. The minimum Gasteiger partial charge on any atom is -0.309 e. The fourth-order valence-corrected chi connectivity index (χ4v) is 3.91. The number of hydrogen-bond acceptors (Lipinski definition) is 2. The number of thiophene rings is 1. The van der Waals surface area contributed by atoms with Crippen molar-refractivity contribution in [3.63, 3.8) is 0 Å². The molecule has 0 radical (unpaired) electrons. The third-order valence-electron chi connectivity index (χ3n) is 3.44. The quantitative estimate of drug-likeness (QED) is 0.807. The smallest absolute Gasteiger partial charge is 0.0701 e. The zero-order valence-corrected chi connectivity index (χ0v) is 14.1. The van der Waals surface area contributed by atoms with Gasteiger partial charge in [-0.05, 0) is 71.6 Å². The van der Waals surface area contributed by atoms with Gasteiger partial charge in [0.25, 0.3) is 0 Å². The molecule has 102 valence electrons. The maximum atomic E-state index is 3.60. The lowest BCUT2D eigenvalue weighted by Gasteiger charge is -2.19. The van der Waals surface area contributed by atoms with E-state index in [2.05, 4.69) is 72.3 Å². The zero-order chi connectivity index (χ0) is 13.8. The van der Waals surface area contributed by atoms with E-state index < -0.39 is 0 Å². The molecule has 1 N–H and O–H groups in total. The Bertz CT molecular complexity index is 527. The molecule has 0 saturated heterocycles. The normalized spacial score (nSPS) is 12.6. The highest BCUT2D eigenvalue weighted by Crippen LogP contribution is 2.30. The Kier molecular flexibility index (Phi) is 5.20. The minimum atomic E-state index is 0.404. The number of nitrogens with one attached hydrogen (secondary N) is 1. The van der Waals surface area contributed by atoms with Crippen molar-refractivity contribution in [1.29, 1.82) is 0 Å². The predicted molar refractivity (Wildman–Crippen MR) is 88.1 cm³/mol. The van der Waals surface area contributed by atoms with E-state index in [0.717, 1.165) is 13.0 Å². The molecule has 0 bridgehead atoms. The molecule has 1 unspecified atom stereocenters. The summed E-state index contributed by atoms with van der Waals surface area (Å²) < 4.78 is 1.20. The van der Waals surface area contributed by atoms with Crippen LogP contribution in [0.2, 0.25) is 0 Å². The monoisotopic (exact) mass is 337 g/mol. The third kappa shape index (κ3) is 3.68. The molecule has 1 heterocycles. The Morgan fingerprint density at radius 3 is 2.37 bits per heavy atom. The van der Waals surface area contributed by atoms with Gasteiger partial charge in [-0.3, -0.25) is 0 Å². The van der Waals surface area contributed by atoms with E-state index in [4.69, 9.17) is 0 Å². The van der Waals surface area contributed by atoms with E-state index in [0.29, 0.717) is 6.04 Å². The van der Waals surface area contributed by atoms with Crippen LogP contribution >= 0.6 is 27.3 Å². The van der Waals surface area contributed by atoms with Crippen molar-refractivity contribution in [2.45, 2.75) is 33.2 Å². The van der Waals surface area contributed by atoms with E-state index in [1.807, 2.05) is 11.3 Å². The maximum absolute atomic E-state index is 3.60. The Morgan fingerprint density at radius 2 is 1.84 bits per heavy atom. The first-order valence-electron chi connectivity index (χ1n) is 6.65. The molecule has 3 heteroatoms. The van der Waals surface area contributed by atoms with Crippen molar-refractivity contribution in [2.24, 2.45) is 0 Å². The van der Waals surface area contributed by atoms with Gasteiger partial charge in [0.1, 0.15) is 0 Å². The largest absolute Gasteiger partial charge is 0.309 e. The Labute approximate surface area is 128 Å². The van der Waals surface area contributed by atoms with Crippen LogP contribution in [-0.2, 0) is 6.42 Å². The van der Waals surface area contributed by atoms with Crippen LogP contribution < -0.4 is 5.32 Å². The molecule has 0 aliphatic rings. The summed E-state index contributed by atoms with van der Waals surface area (Å²) in [6.45, 7) is 7.57. The molecule has 1 aromatic heterocycles. The SMILES string of the molecule is CCNC(Cc1c(C)cccc1C)c1ccc(Br)s1. The second-order valence-corrected chi connectivity index (χ2v) is 7.32. The van der Waals surface area contributed by atoms with E-state index >= 15 is 0 Å². The number of benzene rings is 1. The van der Waals surface area contributed by atoms with Crippen LogP contribution in [0.5, 0.6) is 0 Å². The summed E-state index contributed by atoms with van der Waals surface area (Å²) in [4.78, 5) is 1.40. The van der Waals surface area contributed by atoms with Gasteiger partial charge in [0, 0.05) is 10.9 Å². The van der Waals surface area contributed by atoms with Crippen LogP contribution in [0.1, 0.15) is 34.5 Å². The summed E-state index contributed by atoms with van der Waals surface area (Å²) in [7, 11) is 0. The van der Waals surface area contributed by atoms with E-state index in [1.54, 1.807) is 0 Å². The number of hydrogen-bond donors (Lipinski definition) is 1. The fraction of sp³-hybridized carbons (Fsp3) is 0.375. The average Bonchev–Trinajstić information content (AvgIpc) is 2.79. The lowest BCUT2D eigenvalue weighted by molar-refractivity contribution is 0.556. The predicted octanol–water partition coefficient (Wildman–Crippen LogP) is 5.02. The molecule has 1 nitrogen and oxygen atoms in total. The molecule has 1 atom stereocenters. The Hall–Kier alpha value is -0.640. The second kappa shape index (κ2) is 6.69. The van der Waals surface area contributed by atoms with E-state index in [9.17, 15) is 0 Å². The summed E-state index contributed by atoms with van der Waals surface area (Å²) >= 11 is 5.38. The van der Waals surface area contributed by atoms with Crippen molar-refractivity contribution in [1.82, 2.24) is 5.32 Å². The highest BCUT2D eigenvalue weighted by molar-refractivity contribution is 9.11. The first-order valence-corrected chi connectivity index (χ1v) is 8.26. The van der Waals surface area contributed by atoms with Crippen LogP contribution in [0.25, 0.3) is 0 Å². The van der Waals surface area contributed by atoms with E-state index in [-0.39, 0.29) is 0 Å². The standard InChI is InChI=1S/C16H20BrNS/c1-4-18-14(15-8-9-16(17)19-15)10-13-11(2)6-5-7-12(13)3/h5-9,14,18H,4,10H2,1-3H3. The summed E-state index contributed by atoms with van der Waals surface area (Å²) in [6.07, 6.45) is 1.05. The summed E-state index contributed by atoms with van der Waals surface area (Å²) in [6, 6.07) is 11.3. The molecule has 19 heavy (non-hydrogen) atoms. The van der Waals surface area contributed by atoms with Crippen molar-refractivity contribution in [3.05, 3.63) is 55.7 Å². The lowest BCUT2D eigenvalue weighted by Crippen LogP contribution is -2.22. The fourth-order valence-electron chi connectivity index (χ4n) is 2.41. The maximum Gasteiger partial charge on any atom is 0.0701 e. The number of halogens is 1. The zero-order valence-electron chi connectivity index (χ0n) is 11.7. The highest BCUT2D eigenvalue weighted by atomic mass is 79.9. The van der Waals surface area contributed by atoms with Gasteiger partial charge < -0.3 is 5.32 Å². The average molecular weight is 338 g/mol. The van der Waals surface area contributed by atoms with Crippen LogP contribution in [-0.4, -0.2) is 6.54 Å². The highest BCUT2D eigenvalue weighted by Gasteiger charge is 2.15. The molecule has 0 saturated carbocycles. The Morgan fingerprint density at radius 1 is 1.16 bits per heavy atom. The van der Waals surface area contributed by atoms with Gasteiger partial charge in [0.05, 0.1) is 3.79 Å². The van der Waals surface area contributed by atoms with Crippen molar-refractivity contribution in [3.8, 4) is 0 Å². The Balaban J connectivity index is 2.26. The van der Waals surface area contributed by atoms with Gasteiger partial charge in [-0.15, -0.1) is 11.3 Å². The minimum absolute atomic E-state index is 0.404. The van der Waals surface area contributed by atoms with Crippen molar-refractivity contribution < 1.29 is 0 Å². The molecule has 2 rings (SSSR count). The topological polar surface area (TPSA) is 12.0 Å². The molecule has 0 amide bonds. The van der Waals surface area contributed by atoms with Gasteiger partial charge in [0.15, 0.2) is 0 Å². The van der Waals surface area contributed by atoms with E-state index in [1.165, 1.54) is 25.4 Å². The van der Waals surface area contributed by atoms with Crippen LogP contribution in [0, 0.1) is 13.8 Å². The molecular formula is C16H20BrNS. The van der Waals surface area contributed by atoms with Crippen LogP contribution in [0.4, 0.5) is 0 Å². The summed E-state index contributed by atoms with van der Waals surface area (Å²) in [5, 5.41) is 3.60. The van der Waals surface area contributed by atoms with Gasteiger partial charge in [0.2, 0.25) is 0 Å². The number of likely N-dealkylation sites (N-methyl/N-ethyl adjacent to an activating group) is 1. The van der Waals surface area contributed by atoms with Gasteiger partial charge in [-0.2, -0.15) is 0 Å². The van der Waals surface area contributed by atoms with Gasteiger partial charge in [-0.25, -0.2) is 0 Å². The summed E-state index contributed by atoms with van der Waals surface area (Å²) in [5.74, 6) is 0. The van der Waals surface area contributed by atoms with Crippen molar-refractivity contribution >= 4 is 27.3 Å². The second-order valence-electron chi connectivity index (χ2n) is 4.83. The molecule has 1 aromatic carbocycles. The lowest BCUT2D eigenvalue weighted by atomic mass is 9.96. The molecule has 2 aromatic rings. The third-order valence-corrected chi connectivity index (χ3v) is 5.18. The summed E-state index contributed by atoms with van der Waals surface area (Å²) in [5.41, 5.74) is 4.25. The first kappa shape index (κ1) is 14.8. The van der Waals surface area contributed by atoms with Crippen LogP contribution in [0.15, 0.2) is 34.1 Å². The van der Waals surface area contributed by atoms with Crippen LogP contribution in [0.3, 0.4) is 0 Å². The van der Waals surface area contributed by atoms with Gasteiger partial charge in [-0.1, -0.05) is 25.1 Å². The molecular weight excluding hydrogens is 318 g/mol. The number of rotatable bonds is 5. The molecule has 0 fully saturated rings. The number of aryl methyl sites for hydroxylation is 2.